The van der Waals surface area contributed by atoms with Crippen LogP contribution in [0.4, 0.5) is 10.5 Å². The van der Waals surface area contributed by atoms with Gasteiger partial charge in [-0.2, -0.15) is 0 Å². The zero-order valence-electron chi connectivity index (χ0n) is 18.0. The maximum absolute atomic E-state index is 12.8. The number of rotatable bonds is 8. The quantitative estimate of drug-likeness (QED) is 0.634. The Kier molecular flexibility index (Phi) is 6.79. The van der Waals surface area contributed by atoms with Crippen LogP contribution in [0, 0.1) is 5.92 Å². The van der Waals surface area contributed by atoms with E-state index in [4.69, 9.17) is 9.47 Å². The fourth-order valence-electron chi connectivity index (χ4n) is 3.51. The van der Waals surface area contributed by atoms with Gasteiger partial charge >= 0.3 is 6.03 Å². The second-order valence-electron chi connectivity index (χ2n) is 7.64. The number of nitrogens with one attached hydrogen (secondary N) is 2. The third-order valence-electron chi connectivity index (χ3n) is 5.20. The van der Waals surface area contributed by atoms with E-state index in [1.54, 1.807) is 31.4 Å². The summed E-state index contributed by atoms with van der Waals surface area (Å²) in [6, 6.07) is 12.3. The molecule has 31 heavy (non-hydrogen) atoms. The predicted molar refractivity (Wildman–Crippen MR) is 116 cm³/mol. The molecule has 1 saturated heterocycles. The van der Waals surface area contributed by atoms with Crippen LogP contribution in [0.2, 0.25) is 0 Å². The van der Waals surface area contributed by atoms with E-state index >= 15 is 0 Å². The maximum Gasteiger partial charge on any atom is 0.329 e. The lowest BCUT2D eigenvalue weighted by Crippen LogP contribution is -2.39. The lowest BCUT2D eigenvalue weighted by Gasteiger charge is -2.23. The van der Waals surface area contributed by atoms with Crippen molar-refractivity contribution in [1.82, 2.24) is 10.6 Å². The fraction of sp³-hybridized carbons (Fsp3) is 0.348. The third kappa shape index (κ3) is 4.96. The molecule has 4 amide bonds. The van der Waals surface area contributed by atoms with Crippen LogP contribution in [-0.4, -0.2) is 38.1 Å². The number of anilines is 1. The Balaban J connectivity index is 1.67. The second kappa shape index (κ2) is 9.51. The van der Waals surface area contributed by atoms with Crippen molar-refractivity contribution in [3.05, 3.63) is 54.1 Å². The van der Waals surface area contributed by atoms with E-state index < -0.39 is 18.0 Å². The number of methoxy groups -OCH3 is 2. The number of ether oxygens (including phenoxy) is 2. The van der Waals surface area contributed by atoms with Gasteiger partial charge in [0, 0.05) is 0 Å². The average Bonchev–Trinajstić information content (AvgIpc) is 3.04. The molecule has 0 bridgehead atoms. The number of carbonyl (C=O) groups excluding carboxylic acids is 3. The van der Waals surface area contributed by atoms with Gasteiger partial charge in [0.15, 0.2) is 0 Å². The highest BCUT2D eigenvalue weighted by molar-refractivity contribution is 6.22. The van der Waals surface area contributed by atoms with Crippen LogP contribution in [0.3, 0.4) is 0 Å². The monoisotopic (exact) mass is 425 g/mol. The van der Waals surface area contributed by atoms with Crippen LogP contribution in [-0.2, 0) is 9.59 Å². The summed E-state index contributed by atoms with van der Waals surface area (Å²) in [5.41, 5.74) is 1.36. The molecule has 2 N–H and O–H groups in total. The minimum Gasteiger partial charge on any atom is -0.497 e. The lowest BCUT2D eigenvalue weighted by molar-refractivity contribution is -0.126. The van der Waals surface area contributed by atoms with Crippen LogP contribution < -0.4 is 25.0 Å². The van der Waals surface area contributed by atoms with E-state index in [0.717, 1.165) is 16.2 Å². The Morgan fingerprint density at radius 1 is 1.00 bits per heavy atom. The molecule has 2 aromatic carbocycles. The van der Waals surface area contributed by atoms with Crippen LogP contribution in [0.25, 0.3) is 0 Å². The van der Waals surface area contributed by atoms with Crippen molar-refractivity contribution in [3.63, 3.8) is 0 Å². The molecule has 3 rings (SSSR count). The number of imide groups is 1. The first-order valence-corrected chi connectivity index (χ1v) is 10.1. The smallest absolute Gasteiger partial charge is 0.329 e. The van der Waals surface area contributed by atoms with Crippen LogP contribution >= 0.6 is 0 Å². The molecule has 1 aliphatic heterocycles. The van der Waals surface area contributed by atoms with E-state index in [-0.39, 0.29) is 24.3 Å². The van der Waals surface area contributed by atoms with Gasteiger partial charge < -0.3 is 20.1 Å². The van der Waals surface area contributed by atoms with E-state index in [1.807, 2.05) is 38.1 Å². The van der Waals surface area contributed by atoms with Gasteiger partial charge in [0.05, 0.1) is 32.4 Å². The molecular weight excluding hydrogens is 398 g/mol. The molecule has 8 heteroatoms. The molecule has 2 atom stereocenters. The topological polar surface area (TPSA) is 97.0 Å². The Hall–Kier alpha value is -3.55. The van der Waals surface area contributed by atoms with Crippen molar-refractivity contribution in [3.8, 4) is 11.5 Å². The van der Waals surface area contributed by atoms with E-state index in [0.29, 0.717) is 11.4 Å². The summed E-state index contributed by atoms with van der Waals surface area (Å²) in [6.45, 7) is 4.01. The number of benzene rings is 2. The third-order valence-corrected chi connectivity index (χ3v) is 5.20. The van der Waals surface area contributed by atoms with Gasteiger partial charge in [-0.3, -0.25) is 9.59 Å². The summed E-state index contributed by atoms with van der Waals surface area (Å²) < 4.78 is 10.3. The minimum absolute atomic E-state index is 0.127. The second-order valence-corrected chi connectivity index (χ2v) is 7.64. The first-order valence-electron chi connectivity index (χ1n) is 10.1. The van der Waals surface area contributed by atoms with E-state index in [9.17, 15) is 14.4 Å². The van der Waals surface area contributed by atoms with Gasteiger partial charge in [-0.1, -0.05) is 26.0 Å². The van der Waals surface area contributed by atoms with Crippen molar-refractivity contribution in [2.75, 3.05) is 19.1 Å². The van der Waals surface area contributed by atoms with E-state index in [2.05, 4.69) is 10.6 Å². The number of hydrogen-bond donors (Lipinski definition) is 2. The molecule has 0 saturated carbocycles. The molecule has 0 aromatic heterocycles. The van der Waals surface area contributed by atoms with Gasteiger partial charge in [-0.05, 0) is 47.9 Å². The summed E-state index contributed by atoms with van der Waals surface area (Å²) in [5.74, 6) is 0.697. The predicted octanol–water partition coefficient (Wildman–Crippen LogP) is 3.03. The SMILES string of the molecule is COc1ccc([C@@H](NC(=O)C[C@@H]2NC(=O)N(c3ccc(OC)cc3)C2=O)C(C)C)cc1. The van der Waals surface area contributed by atoms with Gasteiger partial charge in [-0.25, -0.2) is 9.69 Å². The van der Waals surface area contributed by atoms with Crippen LogP contribution in [0.5, 0.6) is 11.5 Å². The minimum atomic E-state index is -0.918. The Bertz CT molecular complexity index is 941. The Morgan fingerprint density at radius 2 is 1.55 bits per heavy atom. The summed E-state index contributed by atoms with van der Waals surface area (Å²) in [4.78, 5) is 38.9. The van der Waals surface area contributed by atoms with Gasteiger partial charge in [0.2, 0.25) is 5.91 Å². The molecule has 2 aromatic rings. The largest absolute Gasteiger partial charge is 0.497 e. The Morgan fingerprint density at radius 3 is 2.06 bits per heavy atom. The molecule has 1 heterocycles. The highest BCUT2D eigenvalue weighted by Crippen LogP contribution is 2.26. The maximum atomic E-state index is 12.8. The van der Waals surface area contributed by atoms with Crippen molar-refractivity contribution in [1.29, 1.82) is 0 Å². The zero-order chi connectivity index (χ0) is 22.5. The van der Waals surface area contributed by atoms with Gasteiger partial charge in [0.25, 0.3) is 5.91 Å². The van der Waals surface area contributed by atoms with Crippen LogP contribution in [0.1, 0.15) is 31.9 Å². The molecule has 0 spiro atoms. The number of nitrogens with zero attached hydrogens (tertiary/aromatic N) is 1. The molecule has 164 valence electrons. The first-order chi connectivity index (χ1) is 14.8. The molecular formula is C23H27N3O5. The Labute approximate surface area is 181 Å². The van der Waals surface area contributed by atoms with Gasteiger partial charge in [0.1, 0.15) is 17.5 Å². The molecule has 8 nitrogen and oxygen atoms in total. The molecule has 1 aliphatic rings. The van der Waals surface area contributed by atoms with E-state index in [1.165, 1.54) is 7.11 Å². The number of amides is 4. The zero-order valence-corrected chi connectivity index (χ0v) is 18.0. The standard InChI is InChI=1S/C23H27N3O5/c1-14(2)21(15-5-9-17(30-3)10-6-15)25-20(27)13-19-22(28)26(23(29)24-19)16-7-11-18(31-4)12-8-16/h5-12,14,19,21H,13H2,1-4H3,(H,24,29)(H,25,27)/t19-,21-/m0/s1. The van der Waals surface area contributed by atoms with Crippen molar-refractivity contribution in [2.45, 2.75) is 32.4 Å². The van der Waals surface area contributed by atoms with Crippen molar-refractivity contribution in [2.24, 2.45) is 5.92 Å². The lowest BCUT2D eigenvalue weighted by atomic mass is 9.95. The summed E-state index contributed by atoms with van der Waals surface area (Å²) in [7, 11) is 3.13. The van der Waals surface area contributed by atoms with Crippen molar-refractivity contribution < 1.29 is 23.9 Å². The fourth-order valence-corrected chi connectivity index (χ4v) is 3.51. The summed E-state index contributed by atoms with van der Waals surface area (Å²) >= 11 is 0. The highest BCUT2D eigenvalue weighted by Gasteiger charge is 2.40. The molecule has 0 unspecified atom stereocenters. The highest BCUT2D eigenvalue weighted by atomic mass is 16.5. The normalized spacial score (nSPS) is 16.8. The molecule has 1 fully saturated rings. The molecule has 0 aliphatic carbocycles. The van der Waals surface area contributed by atoms with Crippen molar-refractivity contribution >= 4 is 23.5 Å². The average molecular weight is 425 g/mol. The number of hydrogen-bond acceptors (Lipinski definition) is 5. The molecule has 0 radical (unpaired) electrons. The van der Waals surface area contributed by atoms with Crippen LogP contribution in [0.15, 0.2) is 48.5 Å². The summed E-state index contributed by atoms with van der Waals surface area (Å²) in [5, 5.41) is 5.58. The first kappa shape index (κ1) is 22.1. The van der Waals surface area contributed by atoms with Gasteiger partial charge in [-0.15, -0.1) is 0 Å². The number of urea groups is 1. The number of carbonyl (C=O) groups is 3. The summed E-state index contributed by atoms with van der Waals surface area (Å²) in [6.07, 6.45) is -0.142.